The molecule has 1 aliphatic heterocycles. The van der Waals surface area contributed by atoms with E-state index in [0.29, 0.717) is 48.3 Å². The quantitative estimate of drug-likeness (QED) is 0.370. The number of imidazole rings is 1. The number of rotatable bonds is 5. The Morgan fingerprint density at radius 2 is 1.65 bits per heavy atom. The van der Waals surface area contributed by atoms with Crippen molar-refractivity contribution >= 4 is 45.8 Å². The lowest BCUT2D eigenvalue weighted by molar-refractivity contribution is -0.132. The third kappa shape index (κ3) is 4.61. The number of anilines is 1. The van der Waals surface area contributed by atoms with Crippen molar-refractivity contribution in [2.75, 3.05) is 31.1 Å². The molecular formula is C26H23Cl2FN4O. The summed E-state index contributed by atoms with van der Waals surface area (Å²) in [5.74, 6) is 0.573. The molecule has 174 valence electrons. The lowest BCUT2D eigenvalue weighted by Gasteiger charge is -2.36. The molecule has 0 saturated carbocycles. The fraction of sp³-hybridized carbons (Fsp3) is 0.231. The molecule has 34 heavy (non-hydrogen) atoms. The van der Waals surface area contributed by atoms with Gasteiger partial charge in [0.25, 0.3) is 0 Å². The van der Waals surface area contributed by atoms with Crippen LogP contribution in [0.5, 0.6) is 0 Å². The van der Waals surface area contributed by atoms with E-state index in [1.165, 1.54) is 6.07 Å². The number of hydrogen-bond donors (Lipinski definition) is 0. The number of piperazine rings is 1. The van der Waals surface area contributed by atoms with Crippen LogP contribution in [0.4, 0.5) is 10.1 Å². The van der Waals surface area contributed by atoms with Gasteiger partial charge in [0.1, 0.15) is 18.2 Å². The number of amides is 1. The second-order valence-electron chi connectivity index (χ2n) is 8.35. The monoisotopic (exact) mass is 496 g/mol. The molecule has 1 aliphatic rings. The molecule has 0 atom stereocenters. The van der Waals surface area contributed by atoms with Crippen LogP contribution in [0.15, 0.2) is 66.7 Å². The number of nitrogens with zero attached hydrogens (tertiary/aromatic N) is 4. The number of benzene rings is 3. The van der Waals surface area contributed by atoms with Crippen molar-refractivity contribution in [2.24, 2.45) is 0 Å². The molecule has 0 unspecified atom stereocenters. The summed E-state index contributed by atoms with van der Waals surface area (Å²) in [6.07, 6.45) is 0.528. The second kappa shape index (κ2) is 9.65. The van der Waals surface area contributed by atoms with E-state index in [0.717, 1.165) is 22.4 Å². The number of aromatic nitrogens is 2. The van der Waals surface area contributed by atoms with Crippen LogP contribution < -0.4 is 4.90 Å². The number of carbonyl (C=O) groups is 1. The highest BCUT2D eigenvalue weighted by atomic mass is 35.5. The van der Waals surface area contributed by atoms with Crippen LogP contribution in [0.25, 0.3) is 11.0 Å². The predicted octanol–water partition coefficient (Wildman–Crippen LogP) is 5.42. The number of para-hydroxylation sites is 3. The van der Waals surface area contributed by atoms with Crippen molar-refractivity contribution in [2.45, 2.75) is 13.0 Å². The molecule has 8 heteroatoms. The molecule has 0 N–H and O–H groups in total. The summed E-state index contributed by atoms with van der Waals surface area (Å²) >= 11 is 12.3. The molecular weight excluding hydrogens is 474 g/mol. The van der Waals surface area contributed by atoms with E-state index in [1.54, 1.807) is 18.2 Å². The van der Waals surface area contributed by atoms with Crippen molar-refractivity contribution in [3.05, 3.63) is 94.0 Å². The van der Waals surface area contributed by atoms with Gasteiger partial charge in [0.2, 0.25) is 5.91 Å². The van der Waals surface area contributed by atoms with Crippen LogP contribution >= 0.6 is 23.2 Å². The SMILES string of the molecule is O=C(Cn1c(Cc2ccc(Cl)c(Cl)c2)nc2ccccc21)N1CCN(c2ccccc2F)CC1. The first-order chi connectivity index (χ1) is 16.5. The zero-order valence-corrected chi connectivity index (χ0v) is 19.9. The normalized spacial score (nSPS) is 14.1. The Balaban J connectivity index is 1.34. The minimum absolute atomic E-state index is 0.0201. The van der Waals surface area contributed by atoms with Gasteiger partial charge in [0, 0.05) is 32.6 Å². The molecule has 1 fully saturated rings. The van der Waals surface area contributed by atoms with Gasteiger partial charge in [-0.15, -0.1) is 0 Å². The highest BCUT2D eigenvalue weighted by Crippen LogP contribution is 2.25. The van der Waals surface area contributed by atoms with Crippen molar-refractivity contribution < 1.29 is 9.18 Å². The van der Waals surface area contributed by atoms with Crippen molar-refractivity contribution in [1.29, 1.82) is 0 Å². The first-order valence-electron chi connectivity index (χ1n) is 11.1. The van der Waals surface area contributed by atoms with Crippen molar-refractivity contribution in [1.82, 2.24) is 14.5 Å². The topological polar surface area (TPSA) is 41.4 Å². The van der Waals surface area contributed by atoms with E-state index in [-0.39, 0.29) is 18.3 Å². The Bertz CT molecular complexity index is 1350. The van der Waals surface area contributed by atoms with Crippen LogP contribution in [0, 0.1) is 5.82 Å². The summed E-state index contributed by atoms with van der Waals surface area (Å²) in [5.41, 5.74) is 3.31. The molecule has 0 radical (unpaired) electrons. The maximum Gasteiger partial charge on any atom is 0.242 e. The van der Waals surface area contributed by atoms with Gasteiger partial charge in [-0.3, -0.25) is 4.79 Å². The molecule has 5 nitrogen and oxygen atoms in total. The molecule has 2 heterocycles. The molecule has 1 aromatic heterocycles. The van der Waals surface area contributed by atoms with E-state index in [2.05, 4.69) is 0 Å². The Hall–Kier alpha value is -3.09. The second-order valence-corrected chi connectivity index (χ2v) is 9.16. The highest BCUT2D eigenvalue weighted by molar-refractivity contribution is 6.42. The molecule has 0 aliphatic carbocycles. The first-order valence-corrected chi connectivity index (χ1v) is 11.9. The fourth-order valence-corrected chi connectivity index (χ4v) is 4.73. The summed E-state index contributed by atoms with van der Waals surface area (Å²) in [4.78, 5) is 21.9. The van der Waals surface area contributed by atoms with Gasteiger partial charge in [-0.1, -0.05) is 53.5 Å². The van der Waals surface area contributed by atoms with Gasteiger partial charge in [-0.25, -0.2) is 9.37 Å². The van der Waals surface area contributed by atoms with Gasteiger partial charge in [-0.05, 0) is 42.0 Å². The minimum atomic E-state index is -0.237. The van der Waals surface area contributed by atoms with Gasteiger partial charge < -0.3 is 14.4 Å². The fourth-order valence-electron chi connectivity index (χ4n) is 4.41. The Morgan fingerprint density at radius 3 is 2.41 bits per heavy atom. The number of hydrogen-bond acceptors (Lipinski definition) is 3. The lowest BCUT2D eigenvalue weighted by Crippen LogP contribution is -2.49. The Labute approximate surface area is 207 Å². The molecule has 5 rings (SSSR count). The van der Waals surface area contributed by atoms with Crippen LogP contribution in [0.3, 0.4) is 0 Å². The average Bonchev–Trinajstić information content (AvgIpc) is 3.18. The van der Waals surface area contributed by atoms with E-state index >= 15 is 0 Å². The molecule has 1 saturated heterocycles. The maximum absolute atomic E-state index is 14.2. The van der Waals surface area contributed by atoms with Gasteiger partial charge >= 0.3 is 0 Å². The largest absolute Gasteiger partial charge is 0.366 e. The number of fused-ring (bicyclic) bond motifs is 1. The summed E-state index contributed by atoms with van der Waals surface area (Å²) in [6.45, 7) is 2.46. The Kier molecular flexibility index (Phi) is 6.44. The van der Waals surface area contributed by atoms with Gasteiger partial charge in [0.05, 0.1) is 26.8 Å². The van der Waals surface area contributed by atoms with E-state index < -0.39 is 0 Å². The smallest absolute Gasteiger partial charge is 0.242 e. The Morgan fingerprint density at radius 1 is 0.912 bits per heavy atom. The molecule has 0 spiro atoms. The molecule has 1 amide bonds. The number of halogens is 3. The third-order valence-corrected chi connectivity index (χ3v) is 6.94. The van der Waals surface area contributed by atoms with Crippen LogP contribution in [-0.4, -0.2) is 46.5 Å². The lowest BCUT2D eigenvalue weighted by atomic mass is 10.1. The average molecular weight is 497 g/mol. The van der Waals surface area contributed by atoms with E-state index in [1.807, 2.05) is 56.8 Å². The van der Waals surface area contributed by atoms with E-state index in [9.17, 15) is 9.18 Å². The number of carbonyl (C=O) groups excluding carboxylic acids is 1. The standard InChI is InChI=1S/C26H23Cl2FN4O/c27-19-10-9-18(15-20(19)28)16-25-30-22-6-2-4-8-24(22)33(25)17-26(34)32-13-11-31(12-14-32)23-7-3-1-5-21(23)29/h1-10,15H,11-14,16-17H2. The first kappa shape index (κ1) is 22.7. The van der Waals surface area contributed by atoms with Crippen molar-refractivity contribution in [3.63, 3.8) is 0 Å². The van der Waals surface area contributed by atoms with Crippen molar-refractivity contribution in [3.8, 4) is 0 Å². The van der Waals surface area contributed by atoms with Crippen LogP contribution in [-0.2, 0) is 17.8 Å². The van der Waals surface area contributed by atoms with Gasteiger partial charge in [0.15, 0.2) is 0 Å². The van der Waals surface area contributed by atoms with Crippen LogP contribution in [0.2, 0.25) is 10.0 Å². The molecule has 0 bridgehead atoms. The summed E-state index contributed by atoms with van der Waals surface area (Å²) in [7, 11) is 0. The summed E-state index contributed by atoms with van der Waals surface area (Å²) < 4.78 is 16.1. The molecule has 4 aromatic rings. The molecule has 3 aromatic carbocycles. The van der Waals surface area contributed by atoms with Gasteiger partial charge in [-0.2, -0.15) is 0 Å². The van der Waals surface area contributed by atoms with Crippen LogP contribution in [0.1, 0.15) is 11.4 Å². The maximum atomic E-state index is 14.2. The third-order valence-electron chi connectivity index (χ3n) is 6.20. The minimum Gasteiger partial charge on any atom is -0.366 e. The summed E-state index contributed by atoms with van der Waals surface area (Å²) in [6, 6.07) is 20.1. The zero-order valence-electron chi connectivity index (χ0n) is 18.4. The highest BCUT2D eigenvalue weighted by Gasteiger charge is 2.24. The van der Waals surface area contributed by atoms with E-state index in [4.69, 9.17) is 28.2 Å². The summed E-state index contributed by atoms with van der Waals surface area (Å²) in [5, 5.41) is 0.995. The predicted molar refractivity (Wildman–Crippen MR) is 134 cm³/mol. The zero-order chi connectivity index (χ0) is 23.7.